The molecule has 118 valence electrons. The van der Waals surface area contributed by atoms with E-state index in [1.807, 2.05) is 52.6 Å². The van der Waals surface area contributed by atoms with Gasteiger partial charge >= 0.3 is 0 Å². The molecule has 4 nitrogen and oxygen atoms in total. The monoisotopic (exact) mass is 324 g/mol. The Morgan fingerprint density at radius 1 is 1.00 bits per heavy atom. The first-order chi connectivity index (χ1) is 11.1. The molecular formula is C18H20N4S. The Hall–Kier alpha value is -2.24. The van der Waals surface area contributed by atoms with Crippen molar-refractivity contribution in [2.24, 2.45) is 0 Å². The highest BCUT2D eigenvalue weighted by molar-refractivity contribution is 7.71. The molecule has 0 amide bonds. The second-order valence-corrected chi connectivity index (χ2v) is 6.01. The van der Waals surface area contributed by atoms with E-state index in [0.29, 0.717) is 11.4 Å². The lowest BCUT2D eigenvalue weighted by Gasteiger charge is -2.16. The zero-order chi connectivity index (χ0) is 16.2. The van der Waals surface area contributed by atoms with E-state index < -0.39 is 0 Å². The quantitative estimate of drug-likeness (QED) is 0.668. The summed E-state index contributed by atoms with van der Waals surface area (Å²) < 4.78 is 4.60. The van der Waals surface area contributed by atoms with Crippen LogP contribution in [0.5, 0.6) is 0 Å². The Bertz CT molecular complexity index is 821. The van der Waals surface area contributed by atoms with Crippen LogP contribution in [0.2, 0.25) is 0 Å². The fraction of sp³-hybridized carbons (Fsp3) is 0.222. The van der Waals surface area contributed by atoms with Gasteiger partial charge in [-0.25, -0.2) is 4.68 Å². The van der Waals surface area contributed by atoms with Gasteiger partial charge in [0.1, 0.15) is 5.82 Å². The molecule has 0 atom stereocenters. The highest BCUT2D eigenvalue weighted by atomic mass is 32.1. The van der Waals surface area contributed by atoms with Gasteiger partial charge in [0.15, 0.2) is 0 Å². The molecule has 1 heterocycles. The first kappa shape index (κ1) is 15.6. The van der Waals surface area contributed by atoms with Gasteiger partial charge in [-0.1, -0.05) is 48.5 Å². The minimum Gasteiger partial charge on any atom is -0.283 e. The minimum atomic E-state index is 0.661. The molecule has 0 N–H and O–H groups in total. The van der Waals surface area contributed by atoms with E-state index in [9.17, 15) is 0 Å². The summed E-state index contributed by atoms with van der Waals surface area (Å²) in [5, 5.41) is 4.60. The third-order valence-corrected chi connectivity index (χ3v) is 4.08. The van der Waals surface area contributed by atoms with Crippen LogP contribution in [0.15, 0.2) is 60.7 Å². The van der Waals surface area contributed by atoms with Gasteiger partial charge in [0.2, 0.25) is 4.77 Å². The third-order valence-electron chi connectivity index (χ3n) is 3.69. The number of para-hydroxylation sites is 1. The Morgan fingerprint density at radius 3 is 2.26 bits per heavy atom. The summed E-state index contributed by atoms with van der Waals surface area (Å²) in [5.41, 5.74) is 2.33. The van der Waals surface area contributed by atoms with E-state index in [-0.39, 0.29) is 0 Å². The van der Waals surface area contributed by atoms with Gasteiger partial charge in [-0.3, -0.25) is 9.47 Å². The molecule has 0 fully saturated rings. The van der Waals surface area contributed by atoms with Crippen molar-refractivity contribution in [3.63, 3.8) is 0 Å². The molecule has 0 unspecified atom stereocenters. The molecule has 0 spiro atoms. The maximum absolute atomic E-state index is 5.61. The van der Waals surface area contributed by atoms with Gasteiger partial charge in [-0.2, -0.15) is 5.10 Å². The normalized spacial score (nSPS) is 11.1. The summed E-state index contributed by atoms with van der Waals surface area (Å²) in [5.74, 6) is 0.898. The molecule has 23 heavy (non-hydrogen) atoms. The third kappa shape index (κ3) is 3.57. The Labute approximate surface area is 141 Å². The summed E-state index contributed by atoms with van der Waals surface area (Å²) >= 11 is 5.61. The fourth-order valence-corrected chi connectivity index (χ4v) is 2.99. The van der Waals surface area contributed by atoms with Crippen molar-refractivity contribution in [2.75, 3.05) is 7.05 Å². The van der Waals surface area contributed by atoms with Crippen molar-refractivity contribution in [2.45, 2.75) is 20.1 Å². The van der Waals surface area contributed by atoms with E-state index >= 15 is 0 Å². The van der Waals surface area contributed by atoms with Gasteiger partial charge in [0, 0.05) is 12.2 Å². The number of hydrogen-bond donors (Lipinski definition) is 0. The van der Waals surface area contributed by atoms with Crippen LogP contribution in [0.3, 0.4) is 0 Å². The van der Waals surface area contributed by atoms with Crippen LogP contribution in [0.1, 0.15) is 11.4 Å². The lowest BCUT2D eigenvalue weighted by molar-refractivity contribution is 0.244. The lowest BCUT2D eigenvalue weighted by Crippen LogP contribution is -2.22. The van der Waals surface area contributed by atoms with Crippen LogP contribution in [0, 0.1) is 11.7 Å². The zero-order valence-corrected chi connectivity index (χ0v) is 14.2. The molecule has 3 aromatic rings. The molecule has 0 aliphatic heterocycles. The smallest absolute Gasteiger partial charge is 0.203 e. The van der Waals surface area contributed by atoms with Gasteiger partial charge in [-0.15, -0.1) is 0 Å². The Kier molecular flexibility index (Phi) is 4.69. The molecule has 0 aliphatic rings. The van der Waals surface area contributed by atoms with E-state index in [4.69, 9.17) is 12.2 Å². The largest absolute Gasteiger partial charge is 0.283 e. The summed E-state index contributed by atoms with van der Waals surface area (Å²) in [7, 11) is 2.08. The molecule has 0 bridgehead atoms. The minimum absolute atomic E-state index is 0.661. The number of aromatic nitrogens is 3. The summed E-state index contributed by atoms with van der Waals surface area (Å²) in [4.78, 5) is 2.20. The van der Waals surface area contributed by atoms with Crippen molar-refractivity contribution in [1.82, 2.24) is 19.2 Å². The molecule has 0 saturated heterocycles. The summed E-state index contributed by atoms with van der Waals surface area (Å²) in [6.07, 6.45) is 0. The Morgan fingerprint density at radius 2 is 1.61 bits per heavy atom. The second-order valence-electron chi connectivity index (χ2n) is 5.64. The first-order valence-corrected chi connectivity index (χ1v) is 8.00. The van der Waals surface area contributed by atoms with Crippen LogP contribution >= 0.6 is 12.2 Å². The molecular weight excluding hydrogens is 304 g/mol. The molecule has 0 aliphatic carbocycles. The molecule has 2 aromatic carbocycles. The van der Waals surface area contributed by atoms with Gasteiger partial charge in [0.05, 0.1) is 6.67 Å². The number of rotatable bonds is 5. The summed E-state index contributed by atoms with van der Waals surface area (Å²) in [6, 6.07) is 20.5. The van der Waals surface area contributed by atoms with Crippen molar-refractivity contribution in [3.8, 4) is 5.69 Å². The number of aryl methyl sites for hydroxylation is 1. The van der Waals surface area contributed by atoms with Crippen LogP contribution in [0.25, 0.3) is 5.69 Å². The molecule has 5 heteroatoms. The number of nitrogens with zero attached hydrogens (tertiary/aromatic N) is 4. The maximum Gasteiger partial charge on any atom is 0.203 e. The SMILES string of the molecule is Cc1nn(CN(C)Cc2ccccc2)c(=S)n1-c1ccccc1. The van der Waals surface area contributed by atoms with Crippen molar-refractivity contribution in [1.29, 1.82) is 0 Å². The van der Waals surface area contributed by atoms with E-state index in [1.165, 1.54) is 5.56 Å². The van der Waals surface area contributed by atoms with Gasteiger partial charge in [-0.05, 0) is 43.9 Å². The van der Waals surface area contributed by atoms with Crippen molar-refractivity contribution < 1.29 is 0 Å². The zero-order valence-electron chi connectivity index (χ0n) is 13.4. The molecule has 0 radical (unpaired) electrons. The van der Waals surface area contributed by atoms with Crippen LogP contribution in [-0.4, -0.2) is 26.3 Å². The molecule has 3 rings (SSSR count). The first-order valence-electron chi connectivity index (χ1n) is 7.59. The highest BCUT2D eigenvalue weighted by Crippen LogP contribution is 2.12. The number of hydrogen-bond acceptors (Lipinski definition) is 3. The van der Waals surface area contributed by atoms with Crippen LogP contribution in [-0.2, 0) is 13.2 Å². The van der Waals surface area contributed by atoms with E-state index in [1.54, 1.807) is 0 Å². The van der Waals surface area contributed by atoms with Crippen LogP contribution in [0.4, 0.5) is 0 Å². The highest BCUT2D eigenvalue weighted by Gasteiger charge is 2.10. The lowest BCUT2D eigenvalue weighted by atomic mass is 10.2. The van der Waals surface area contributed by atoms with Crippen LogP contribution < -0.4 is 0 Å². The summed E-state index contributed by atoms with van der Waals surface area (Å²) in [6.45, 7) is 3.50. The standard InChI is InChI=1S/C18H20N4S/c1-15-19-21(14-20(2)13-16-9-5-3-6-10-16)18(23)22(15)17-11-7-4-8-12-17/h3-12H,13-14H2,1-2H3. The Balaban J connectivity index is 1.81. The predicted molar refractivity (Wildman–Crippen MR) is 95.0 cm³/mol. The average molecular weight is 324 g/mol. The van der Waals surface area contributed by atoms with E-state index in [0.717, 1.165) is 18.1 Å². The number of benzene rings is 2. The van der Waals surface area contributed by atoms with Gasteiger partial charge in [0.25, 0.3) is 0 Å². The topological polar surface area (TPSA) is 26.0 Å². The molecule has 0 saturated carbocycles. The van der Waals surface area contributed by atoms with Crippen molar-refractivity contribution >= 4 is 12.2 Å². The second kappa shape index (κ2) is 6.89. The van der Waals surface area contributed by atoms with Crippen molar-refractivity contribution in [3.05, 3.63) is 76.8 Å². The molecule has 1 aromatic heterocycles. The van der Waals surface area contributed by atoms with E-state index in [2.05, 4.69) is 41.3 Å². The predicted octanol–water partition coefficient (Wildman–Crippen LogP) is 3.80. The average Bonchev–Trinajstić information content (AvgIpc) is 2.83. The maximum atomic E-state index is 5.61. The van der Waals surface area contributed by atoms with Gasteiger partial charge < -0.3 is 0 Å². The fourth-order valence-electron chi connectivity index (χ4n) is 2.66.